The zero-order valence-electron chi connectivity index (χ0n) is 19.8. The molecule has 0 amide bonds. The number of primary sulfonamides is 1. The summed E-state index contributed by atoms with van der Waals surface area (Å²) in [5.41, 5.74) is 4.86. The van der Waals surface area contributed by atoms with E-state index < -0.39 is 10.0 Å². The molecule has 34 heavy (non-hydrogen) atoms. The molecule has 4 aromatic rings. The Labute approximate surface area is 203 Å². The van der Waals surface area contributed by atoms with Crippen molar-refractivity contribution in [2.24, 2.45) is 5.14 Å². The minimum atomic E-state index is -3.82. The number of sulfonamides is 1. The lowest BCUT2D eigenvalue weighted by Gasteiger charge is -2.13. The van der Waals surface area contributed by atoms with E-state index in [1.54, 1.807) is 12.1 Å². The van der Waals surface area contributed by atoms with Gasteiger partial charge in [0.1, 0.15) is 5.58 Å². The van der Waals surface area contributed by atoms with Gasteiger partial charge < -0.3 is 8.98 Å². The Bertz CT molecular complexity index is 1540. The maximum absolute atomic E-state index is 12.3. The predicted octanol–water partition coefficient (Wildman–Crippen LogP) is 5.31. The highest BCUT2D eigenvalue weighted by molar-refractivity contribution is 7.98. The van der Waals surface area contributed by atoms with Crippen molar-refractivity contribution < 1.29 is 12.8 Å². The molecule has 0 bridgehead atoms. The largest absolute Gasteiger partial charge is 0.423 e. The standard InChI is InChI=1S/C25H29N3O4S2/c1-5-6-9-28-22-8-7-18(34(26,30)31)12-21(22)27-25(28)33-14-17-11-24(29)32-23-10-16(4)19(15(2)3)13-20(17)23/h7-8,10-13,15H,5-6,9,14H2,1-4H3,(H2,26,30,31). The predicted molar refractivity (Wildman–Crippen MR) is 137 cm³/mol. The lowest BCUT2D eigenvalue weighted by molar-refractivity contribution is 0.559. The molecule has 0 aliphatic heterocycles. The Morgan fingerprint density at radius 1 is 1.18 bits per heavy atom. The minimum Gasteiger partial charge on any atom is -0.423 e. The molecule has 7 nitrogen and oxygen atoms in total. The van der Waals surface area contributed by atoms with Crippen molar-refractivity contribution >= 4 is 43.8 Å². The summed E-state index contributed by atoms with van der Waals surface area (Å²) in [6.07, 6.45) is 1.98. The van der Waals surface area contributed by atoms with Gasteiger partial charge in [0.05, 0.1) is 15.9 Å². The summed E-state index contributed by atoms with van der Waals surface area (Å²) in [6, 6.07) is 10.4. The van der Waals surface area contributed by atoms with Crippen molar-refractivity contribution in [3.05, 3.63) is 63.5 Å². The summed E-state index contributed by atoms with van der Waals surface area (Å²) in [5.74, 6) is 0.878. The molecule has 2 heterocycles. The first-order valence-corrected chi connectivity index (χ1v) is 13.8. The Balaban J connectivity index is 1.76. The second kappa shape index (κ2) is 9.56. The van der Waals surface area contributed by atoms with Gasteiger partial charge in [-0.2, -0.15) is 0 Å². The summed E-state index contributed by atoms with van der Waals surface area (Å²) < 4.78 is 31.2. The molecule has 0 fully saturated rings. The Hall–Kier alpha value is -2.62. The maximum Gasteiger partial charge on any atom is 0.336 e. The van der Waals surface area contributed by atoms with Gasteiger partial charge in [0.25, 0.3) is 0 Å². The van der Waals surface area contributed by atoms with Crippen LogP contribution in [0.1, 0.15) is 56.2 Å². The van der Waals surface area contributed by atoms with Crippen LogP contribution in [0.4, 0.5) is 0 Å². The molecule has 180 valence electrons. The fourth-order valence-corrected chi connectivity index (χ4v) is 5.75. The topological polar surface area (TPSA) is 108 Å². The Morgan fingerprint density at radius 3 is 2.62 bits per heavy atom. The van der Waals surface area contributed by atoms with Gasteiger partial charge in [-0.15, -0.1) is 0 Å². The van der Waals surface area contributed by atoms with Gasteiger partial charge >= 0.3 is 5.63 Å². The molecule has 2 aromatic heterocycles. The monoisotopic (exact) mass is 499 g/mol. The number of aromatic nitrogens is 2. The van der Waals surface area contributed by atoms with Crippen LogP contribution in [0.15, 0.2) is 55.7 Å². The third kappa shape index (κ3) is 4.92. The normalized spacial score (nSPS) is 12.3. The second-order valence-corrected chi connectivity index (χ2v) is 11.3. The fraction of sp³-hybridized carbons (Fsp3) is 0.360. The van der Waals surface area contributed by atoms with E-state index in [1.165, 1.54) is 29.5 Å². The number of aryl methyl sites for hydroxylation is 2. The molecule has 0 saturated heterocycles. The highest BCUT2D eigenvalue weighted by Crippen LogP contribution is 2.32. The van der Waals surface area contributed by atoms with Crippen molar-refractivity contribution in [1.29, 1.82) is 0 Å². The molecular formula is C25H29N3O4S2. The SMILES string of the molecule is CCCCn1c(SCc2cc(=O)oc3cc(C)c(C(C)C)cc23)nc2cc(S(N)(=O)=O)ccc21. The molecule has 0 aliphatic rings. The van der Waals surface area contributed by atoms with E-state index in [4.69, 9.17) is 14.5 Å². The number of unbranched alkanes of at least 4 members (excludes halogenated alkanes) is 1. The number of imidazole rings is 1. The number of benzene rings is 2. The van der Waals surface area contributed by atoms with Crippen LogP contribution in [0, 0.1) is 6.92 Å². The van der Waals surface area contributed by atoms with E-state index in [0.29, 0.717) is 22.8 Å². The van der Waals surface area contributed by atoms with Gasteiger partial charge in [-0.25, -0.2) is 23.3 Å². The third-order valence-electron chi connectivity index (χ3n) is 5.94. The molecule has 2 aromatic carbocycles. The lowest BCUT2D eigenvalue weighted by atomic mass is 9.95. The first-order valence-electron chi connectivity index (χ1n) is 11.3. The highest BCUT2D eigenvalue weighted by atomic mass is 32.2. The van der Waals surface area contributed by atoms with Crippen LogP contribution in [0.5, 0.6) is 0 Å². The van der Waals surface area contributed by atoms with Crippen LogP contribution in [0.25, 0.3) is 22.0 Å². The Morgan fingerprint density at radius 2 is 1.94 bits per heavy atom. The van der Waals surface area contributed by atoms with Crippen molar-refractivity contribution in [2.45, 2.75) is 68.8 Å². The quantitative estimate of drug-likeness (QED) is 0.260. The Kier molecular flexibility index (Phi) is 6.89. The average Bonchev–Trinajstić information content (AvgIpc) is 3.11. The van der Waals surface area contributed by atoms with Crippen LogP contribution < -0.4 is 10.8 Å². The molecule has 2 N–H and O–H groups in total. The van der Waals surface area contributed by atoms with Gasteiger partial charge in [-0.3, -0.25) is 0 Å². The van der Waals surface area contributed by atoms with E-state index in [2.05, 4.69) is 31.4 Å². The maximum atomic E-state index is 12.3. The fourth-order valence-electron chi connectivity index (χ4n) is 4.18. The number of rotatable bonds is 8. The van der Waals surface area contributed by atoms with E-state index >= 15 is 0 Å². The van der Waals surface area contributed by atoms with Crippen LogP contribution in [0.2, 0.25) is 0 Å². The number of hydrogen-bond donors (Lipinski definition) is 1. The molecule has 0 atom stereocenters. The summed E-state index contributed by atoms with van der Waals surface area (Å²) >= 11 is 1.52. The first-order chi connectivity index (χ1) is 16.1. The van der Waals surface area contributed by atoms with Crippen LogP contribution in [0.3, 0.4) is 0 Å². The van der Waals surface area contributed by atoms with Crippen molar-refractivity contribution in [3.63, 3.8) is 0 Å². The zero-order chi connectivity index (χ0) is 24.6. The van der Waals surface area contributed by atoms with Gasteiger partial charge in [0, 0.05) is 23.8 Å². The summed E-state index contributed by atoms with van der Waals surface area (Å²) in [7, 11) is -3.82. The van der Waals surface area contributed by atoms with Crippen molar-refractivity contribution in [1.82, 2.24) is 9.55 Å². The number of hydrogen-bond acceptors (Lipinski definition) is 6. The average molecular weight is 500 g/mol. The molecular weight excluding hydrogens is 470 g/mol. The highest BCUT2D eigenvalue weighted by Gasteiger charge is 2.17. The first kappa shape index (κ1) is 24.5. The zero-order valence-corrected chi connectivity index (χ0v) is 21.4. The molecule has 0 radical (unpaired) electrons. The molecule has 0 saturated carbocycles. The van der Waals surface area contributed by atoms with E-state index in [0.717, 1.165) is 46.6 Å². The molecule has 4 rings (SSSR count). The van der Waals surface area contributed by atoms with Gasteiger partial charge in [-0.1, -0.05) is 39.0 Å². The lowest BCUT2D eigenvalue weighted by Crippen LogP contribution is -2.11. The second-order valence-electron chi connectivity index (χ2n) is 8.83. The van der Waals surface area contributed by atoms with Gasteiger partial charge in [0.15, 0.2) is 5.16 Å². The number of thioether (sulfide) groups is 1. The van der Waals surface area contributed by atoms with E-state index in [1.807, 2.05) is 13.0 Å². The minimum absolute atomic E-state index is 0.0416. The smallest absolute Gasteiger partial charge is 0.336 e. The van der Waals surface area contributed by atoms with Crippen molar-refractivity contribution in [2.75, 3.05) is 0 Å². The molecule has 9 heteroatoms. The van der Waals surface area contributed by atoms with E-state index in [-0.39, 0.29) is 10.5 Å². The van der Waals surface area contributed by atoms with Crippen LogP contribution in [-0.2, 0) is 22.3 Å². The van der Waals surface area contributed by atoms with Gasteiger partial charge in [-0.05, 0) is 66.3 Å². The molecule has 0 aliphatic carbocycles. The number of fused-ring (bicyclic) bond motifs is 2. The van der Waals surface area contributed by atoms with Crippen molar-refractivity contribution in [3.8, 4) is 0 Å². The van der Waals surface area contributed by atoms with E-state index in [9.17, 15) is 13.2 Å². The number of nitrogens with zero attached hydrogens (tertiary/aromatic N) is 2. The van der Waals surface area contributed by atoms with Crippen LogP contribution in [-0.4, -0.2) is 18.0 Å². The molecule has 0 spiro atoms. The summed E-state index contributed by atoms with van der Waals surface area (Å²) in [6.45, 7) is 9.20. The van der Waals surface area contributed by atoms with Crippen LogP contribution >= 0.6 is 11.8 Å². The molecule has 0 unspecified atom stereocenters. The van der Waals surface area contributed by atoms with Gasteiger partial charge in [0.2, 0.25) is 10.0 Å². The number of nitrogens with two attached hydrogens (primary N) is 1. The summed E-state index contributed by atoms with van der Waals surface area (Å²) in [4.78, 5) is 17.0. The summed E-state index contributed by atoms with van der Waals surface area (Å²) in [5, 5.41) is 7.01. The third-order valence-corrected chi connectivity index (χ3v) is 7.88.